The molecule has 1 aromatic rings. The number of aliphatic hydroxyl groups excluding tert-OH is 1. The summed E-state index contributed by atoms with van der Waals surface area (Å²) in [6.07, 6.45) is 2.92. The van der Waals surface area contributed by atoms with E-state index in [0.717, 1.165) is 31.5 Å². The Bertz CT molecular complexity index is 450. The summed E-state index contributed by atoms with van der Waals surface area (Å²) >= 11 is 0. The number of nitrogens with one attached hydrogen (secondary N) is 2. The van der Waals surface area contributed by atoms with Crippen LogP contribution in [-0.2, 0) is 11.2 Å². The first-order valence-electron chi connectivity index (χ1n) is 8.34. The zero-order valence-corrected chi connectivity index (χ0v) is 14.6. The predicted octanol–water partition coefficient (Wildman–Crippen LogP) is 2.15. The SMILES string of the molecule is CC(CC(=O)NCC(O)Cc1ccccc1)C1CCNCC1.Cl. The number of aliphatic hydroxyl groups is 1. The fraction of sp³-hybridized carbons (Fsp3) is 0.611. The van der Waals surface area contributed by atoms with Crippen molar-refractivity contribution in [3.8, 4) is 0 Å². The summed E-state index contributed by atoms with van der Waals surface area (Å²) in [5, 5.41) is 16.2. The molecule has 5 heteroatoms. The molecule has 130 valence electrons. The Morgan fingerprint density at radius 2 is 1.96 bits per heavy atom. The molecule has 2 atom stereocenters. The normalized spacial score (nSPS) is 17.8. The van der Waals surface area contributed by atoms with E-state index in [-0.39, 0.29) is 18.3 Å². The van der Waals surface area contributed by atoms with Gasteiger partial charge in [-0.15, -0.1) is 12.4 Å². The van der Waals surface area contributed by atoms with Crippen LogP contribution in [0.15, 0.2) is 30.3 Å². The minimum absolute atomic E-state index is 0. The summed E-state index contributed by atoms with van der Waals surface area (Å²) in [5.41, 5.74) is 1.09. The third-order valence-corrected chi connectivity index (χ3v) is 4.54. The van der Waals surface area contributed by atoms with Crippen LogP contribution >= 0.6 is 12.4 Å². The van der Waals surface area contributed by atoms with Crippen molar-refractivity contribution < 1.29 is 9.90 Å². The van der Waals surface area contributed by atoms with Gasteiger partial charge in [0.25, 0.3) is 0 Å². The Hall–Kier alpha value is -1.10. The molecule has 2 rings (SSSR count). The third-order valence-electron chi connectivity index (χ3n) is 4.54. The van der Waals surface area contributed by atoms with E-state index in [2.05, 4.69) is 17.6 Å². The van der Waals surface area contributed by atoms with Crippen LogP contribution in [0.25, 0.3) is 0 Å². The molecular weight excluding hydrogens is 312 g/mol. The van der Waals surface area contributed by atoms with Gasteiger partial charge in [0.2, 0.25) is 5.91 Å². The second kappa shape index (κ2) is 10.6. The maximum absolute atomic E-state index is 12.0. The molecule has 1 amide bonds. The standard InChI is InChI=1S/C18H28N2O2.ClH/c1-14(16-7-9-19-10-8-16)11-18(22)20-13-17(21)12-15-5-3-2-4-6-15;/h2-6,14,16-17,19,21H,7-13H2,1H3,(H,20,22);1H. The van der Waals surface area contributed by atoms with Crippen molar-refractivity contribution in [2.75, 3.05) is 19.6 Å². The van der Waals surface area contributed by atoms with Gasteiger partial charge in [0.1, 0.15) is 0 Å². The Kier molecular flexibility index (Phi) is 9.22. The number of amides is 1. The van der Waals surface area contributed by atoms with Gasteiger partial charge in [0.05, 0.1) is 6.10 Å². The predicted molar refractivity (Wildman–Crippen MR) is 95.8 cm³/mol. The number of hydrogen-bond donors (Lipinski definition) is 3. The average molecular weight is 341 g/mol. The first-order chi connectivity index (χ1) is 10.6. The van der Waals surface area contributed by atoms with Crippen molar-refractivity contribution in [2.24, 2.45) is 11.8 Å². The van der Waals surface area contributed by atoms with E-state index in [4.69, 9.17) is 0 Å². The molecule has 3 N–H and O–H groups in total. The van der Waals surface area contributed by atoms with E-state index in [1.807, 2.05) is 30.3 Å². The molecule has 1 fully saturated rings. The van der Waals surface area contributed by atoms with E-state index in [1.165, 1.54) is 0 Å². The van der Waals surface area contributed by atoms with Crippen LogP contribution in [-0.4, -0.2) is 36.8 Å². The summed E-state index contributed by atoms with van der Waals surface area (Å²) in [6, 6.07) is 9.86. The van der Waals surface area contributed by atoms with Gasteiger partial charge in [0, 0.05) is 19.4 Å². The number of piperidine rings is 1. The van der Waals surface area contributed by atoms with Crippen molar-refractivity contribution in [3.05, 3.63) is 35.9 Å². The van der Waals surface area contributed by atoms with Gasteiger partial charge in [-0.05, 0) is 43.3 Å². The molecule has 1 saturated heterocycles. The summed E-state index contributed by atoms with van der Waals surface area (Å²) < 4.78 is 0. The number of carbonyl (C=O) groups is 1. The minimum atomic E-state index is -0.527. The van der Waals surface area contributed by atoms with Crippen LogP contribution in [0.3, 0.4) is 0 Å². The average Bonchev–Trinajstić information content (AvgIpc) is 2.55. The van der Waals surface area contributed by atoms with E-state index in [9.17, 15) is 9.90 Å². The number of halogens is 1. The summed E-state index contributed by atoms with van der Waals surface area (Å²) in [5.74, 6) is 1.10. The molecule has 0 aliphatic carbocycles. The fourth-order valence-corrected chi connectivity index (χ4v) is 3.13. The molecule has 23 heavy (non-hydrogen) atoms. The monoisotopic (exact) mass is 340 g/mol. The molecule has 1 heterocycles. The highest BCUT2D eigenvalue weighted by Gasteiger charge is 2.22. The number of carbonyl (C=O) groups excluding carboxylic acids is 1. The van der Waals surface area contributed by atoms with Gasteiger partial charge >= 0.3 is 0 Å². The van der Waals surface area contributed by atoms with Crippen LogP contribution < -0.4 is 10.6 Å². The Morgan fingerprint density at radius 3 is 2.61 bits per heavy atom. The van der Waals surface area contributed by atoms with Crippen LogP contribution in [0.2, 0.25) is 0 Å². The minimum Gasteiger partial charge on any atom is -0.391 e. The van der Waals surface area contributed by atoms with Gasteiger partial charge in [-0.25, -0.2) is 0 Å². The van der Waals surface area contributed by atoms with Crippen LogP contribution in [0.1, 0.15) is 31.7 Å². The maximum atomic E-state index is 12.0. The lowest BCUT2D eigenvalue weighted by molar-refractivity contribution is -0.122. The van der Waals surface area contributed by atoms with Crippen molar-refractivity contribution in [1.29, 1.82) is 0 Å². The highest BCUT2D eigenvalue weighted by Crippen LogP contribution is 2.24. The number of benzene rings is 1. The van der Waals surface area contributed by atoms with Gasteiger partial charge in [0.15, 0.2) is 0 Å². The highest BCUT2D eigenvalue weighted by molar-refractivity contribution is 5.85. The molecule has 0 aromatic heterocycles. The molecule has 1 aromatic carbocycles. The highest BCUT2D eigenvalue weighted by atomic mass is 35.5. The molecule has 0 bridgehead atoms. The molecular formula is C18H29ClN2O2. The zero-order valence-electron chi connectivity index (χ0n) is 13.8. The maximum Gasteiger partial charge on any atom is 0.220 e. The van der Waals surface area contributed by atoms with Crippen LogP contribution in [0, 0.1) is 11.8 Å². The Morgan fingerprint density at radius 1 is 1.30 bits per heavy atom. The number of hydrogen-bond acceptors (Lipinski definition) is 3. The van der Waals surface area contributed by atoms with Gasteiger partial charge in [-0.3, -0.25) is 4.79 Å². The van der Waals surface area contributed by atoms with Crippen LogP contribution in [0.5, 0.6) is 0 Å². The molecule has 1 aliphatic rings. The topological polar surface area (TPSA) is 61.4 Å². The smallest absolute Gasteiger partial charge is 0.220 e. The largest absolute Gasteiger partial charge is 0.391 e. The molecule has 0 spiro atoms. The summed E-state index contributed by atoms with van der Waals surface area (Å²) in [7, 11) is 0. The van der Waals surface area contributed by atoms with E-state index in [0.29, 0.717) is 31.2 Å². The second-order valence-corrected chi connectivity index (χ2v) is 6.42. The van der Waals surface area contributed by atoms with E-state index >= 15 is 0 Å². The summed E-state index contributed by atoms with van der Waals surface area (Å²) in [4.78, 5) is 12.0. The van der Waals surface area contributed by atoms with Gasteiger partial charge in [-0.2, -0.15) is 0 Å². The molecule has 4 nitrogen and oxygen atoms in total. The lowest BCUT2D eigenvalue weighted by Crippen LogP contribution is -2.36. The Labute approximate surface area is 145 Å². The number of rotatable bonds is 7. The quantitative estimate of drug-likeness (QED) is 0.712. The summed E-state index contributed by atoms with van der Waals surface area (Å²) in [6.45, 7) is 4.61. The van der Waals surface area contributed by atoms with E-state index in [1.54, 1.807) is 0 Å². The lowest BCUT2D eigenvalue weighted by atomic mass is 9.84. The first kappa shape index (κ1) is 19.9. The van der Waals surface area contributed by atoms with Crippen LogP contribution in [0.4, 0.5) is 0 Å². The Balaban J connectivity index is 0.00000264. The first-order valence-corrected chi connectivity index (χ1v) is 8.34. The van der Waals surface area contributed by atoms with Crippen molar-refractivity contribution in [3.63, 3.8) is 0 Å². The molecule has 0 saturated carbocycles. The van der Waals surface area contributed by atoms with Crippen molar-refractivity contribution in [1.82, 2.24) is 10.6 Å². The fourth-order valence-electron chi connectivity index (χ4n) is 3.13. The van der Waals surface area contributed by atoms with Crippen molar-refractivity contribution in [2.45, 2.75) is 38.7 Å². The lowest BCUT2D eigenvalue weighted by Gasteiger charge is -2.28. The van der Waals surface area contributed by atoms with Gasteiger partial charge in [-0.1, -0.05) is 37.3 Å². The van der Waals surface area contributed by atoms with E-state index < -0.39 is 6.10 Å². The molecule has 2 unspecified atom stereocenters. The molecule has 1 aliphatic heterocycles. The third kappa shape index (κ3) is 7.34. The zero-order chi connectivity index (χ0) is 15.8. The van der Waals surface area contributed by atoms with Gasteiger partial charge < -0.3 is 15.7 Å². The van der Waals surface area contributed by atoms with Crippen molar-refractivity contribution >= 4 is 18.3 Å². The molecule has 0 radical (unpaired) electrons. The second-order valence-electron chi connectivity index (χ2n) is 6.42.